The third-order valence-electron chi connectivity index (χ3n) is 3.82. The fourth-order valence-electron chi connectivity index (χ4n) is 2.60. The van der Waals surface area contributed by atoms with Crippen LogP contribution in [0.4, 0.5) is 0 Å². The van der Waals surface area contributed by atoms with Crippen molar-refractivity contribution in [2.45, 2.75) is 25.9 Å². The summed E-state index contributed by atoms with van der Waals surface area (Å²) in [5, 5.41) is 10.0. The number of aryl methyl sites for hydroxylation is 1. The van der Waals surface area contributed by atoms with Crippen molar-refractivity contribution in [3.05, 3.63) is 29.0 Å². The average molecular weight is 306 g/mol. The van der Waals surface area contributed by atoms with Gasteiger partial charge in [0.15, 0.2) is 10.8 Å². The molecule has 5 nitrogen and oxygen atoms in total. The third-order valence-corrected chi connectivity index (χ3v) is 4.81. The van der Waals surface area contributed by atoms with Crippen LogP contribution in [-0.2, 0) is 0 Å². The highest BCUT2D eigenvalue weighted by atomic mass is 32.1. The van der Waals surface area contributed by atoms with Crippen molar-refractivity contribution < 1.29 is 14.3 Å². The van der Waals surface area contributed by atoms with E-state index in [0.29, 0.717) is 23.9 Å². The minimum absolute atomic E-state index is 0.0667. The number of hydrogen-bond donors (Lipinski definition) is 1. The van der Waals surface area contributed by atoms with Crippen molar-refractivity contribution in [2.24, 2.45) is 5.92 Å². The molecule has 0 aromatic carbocycles. The van der Waals surface area contributed by atoms with E-state index >= 15 is 0 Å². The quantitative estimate of drug-likeness (QED) is 0.942. The minimum Gasteiger partial charge on any atom is -0.462 e. The van der Waals surface area contributed by atoms with Crippen LogP contribution >= 0.6 is 11.3 Å². The maximum atomic E-state index is 12.5. The number of amides is 1. The van der Waals surface area contributed by atoms with Gasteiger partial charge in [-0.1, -0.05) is 0 Å². The van der Waals surface area contributed by atoms with Gasteiger partial charge in [-0.2, -0.15) is 0 Å². The Morgan fingerprint density at radius 3 is 2.95 bits per heavy atom. The van der Waals surface area contributed by atoms with Gasteiger partial charge in [0.2, 0.25) is 0 Å². The standard InChI is InChI=1S/C15H18N2O3S/c1-9-13(16-14(21-9)12-4-3-5-20-12)15(19)17(2)8-10-6-11(18)7-10/h3-5,10-11,18H,6-8H2,1-2H3. The molecule has 21 heavy (non-hydrogen) atoms. The minimum atomic E-state index is -0.190. The Morgan fingerprint density at radius 1 is 1.57 bits per heavy atom. The first-order valence-electron chi connectivity index (χ1n) is 6.99. The molecule has 1 fully saturated rings. The van der Waals surface area contributed by atoms with Gasteiger partial charge in [-0.05, 0) is 37.8 Å². The molecule has 0 saturated heterocycles. The van der Waals surface area contributed by atoms with Crippen molar-refractivity contribution in [3.8, 4) is 10.8 Å². The summed E-state index contributed by atoms with van der Waals surface area (Å²) in [4.78, 5) is 19.5. The number of rotatable bonds is 4. The van der Waals surface area contributed by atoms with E-state index in [4.69, 9.17) is 4.42 Å². The molecule has 0 atom stereocenters. The summed E-state index contributed by atoms with van der Waals surface area (Å²) >= 11 is 1.46. The van der Waals surface area contributed by atoms with Crippen LogP contribution in [0.25, 0.3) is 10.8 Å². The number of nitrogens with zero attached hydrogens (tertiary/aromatic N) is 2. The second-order valence-corrected chi connectivity index (χ2v) is 6.78. The summed E-state index contributed by atoms with van der Waals surface area (Å²) in [5.41, 5.74) is 0.494. The molecule has 0 aliphatic heterocycles. The molecule has 2 heterocycles. The zero-order valence-electron chi connectivity index (χ0n) is 12.1. The predicted molar refractivity (Wildman–Crippen MR) is 80.2 cm³/mol. The van der Waals surface area contributed by atoms with E-state index in [2.05, 4.69) is 4.98 Å². The molecule has 112 valence electrons. The first-order valence-corrected chi connectivity index (χ1v) is 7.81. The topological polar surface area (TPSA) is 66.6 Å². The van der Waals surface area contributed by atoms with Crippen LogP contribution in [0.15, 0.2) is 22.8 Å². The van der Waals surface area contributed by atoms with Crippen LogP contribution in [0.1, 0.15) is 28.2 Å². The molecule has 6 heteroatoms. The maximum Gasteiger partial charge on any atom is 0.273 e. The number of thiazole rings is 1. The first-order chi connectivity index (χ1) is 10.0. The highest BCUT2D eigenvalue weighted by Gasteiger charge is 2.30. The van der Waals surface area contributed by atoms with Gasteiger partial charge >= 0.3 is 0 Å². The van der Waals surface area contributed by atoms with Gasteiger partial charge in [0.1, 0.15) is 5.69 Å². The van der Waals surface area contributed by atoms with Crippen LogP contribution in [0.5, 0.6) is 0 Å². The Hall–Kier alpha value is -1.66. The van der Waals surface area contributed by atoms with Crippen molar-refractivity contribution in [3.63, 3.8) is 0 Å². The van der Waals surface area contributed by atoms with Crippen LogP contribution in [0.2, 0.25) is 0 Å². The molecular weight excluding hydrogens is 288 g/mol. The molecule has 0 spiro atoms. The number of hydrogen-bond acceptors (Lipinski definition) is 5. The van der Waals surface area contributed by atoms with Crippen LogP contribution in [-0.4, -0.2) is 40.6 Å². The summed E-state index contributed by atoms with van der Waals surface area (Å²) in [5.74, 6) is 1.02. The van der Waals surface area contributed by atoms with E-state index < -0.39 is 0 Å². The predicted octanol–water partition coefficient (Wildman–Crippen LogP) is 2.55. The molecule has 2 aromatic heterocycles. The number of carbonyl (C=O) groups is 1. The molecule has 1 amide bonds. The molecule has 2 aromatic rings. The lowest BCUT2D eigenvalue weighted by Crippen LogP contribution is -2.39. The Kier molecular flexibility index (Phi) is 3.82. The lowest BCUT2D eigenvalue weighted by molar-refractivity contribution is 0.0264. The van der Waals surface area contributed by atoms with Gasteiger partial charge in [0, 0.05) is 18.5 Å². The number of furan rings is 1. The largest absolute Gasteiger partial charge is 0.462 e. The van der Waals surface area contributed by atoms with Gasteiger partial charge < -0.3 is 14.4 Å². The van der Waals surface area contributed by atoms with Crippen LogP contribution in [0, 0.1) is 12.8 Å². The summed E-state index contributed by atoms with van der Waals surface area (Å²) < 4.78 is 5.33. The number of aliphatic hydroxyl groups is 1. The molecule has 0 bridgehead atoms. The van der Waals surface area contributed by atoms with E-state index in [0.717, 1.165) is 22.7 Å². The zero-order chi connectivity index (χ0) is 15.0. The molecule has 0 radical (unpaired) electrons. The van der Waals surface area contributed by atoms with Gasteiger partial charge in [0.05, 0.1) is 12.4 Å². The fraction of sp³-hybridized carbons (Fsp3) is 0.467. The van der Waals surface area contributed by atoms with E-state index in [1.807, 2.05) is 19.1 Å². The Bertz CT molecular complexity index is 629. The van der Waals surface area contributed by atoms with E-state index in [1.54, 1.807) is 18.2 Å². The fourth-order valence-corrected chi connectivity index (χ4v) is 3.47. The lowest BCUT2D eigenvalue weighted by Gasteiger charge is -2.34. The summed E-state index contributed by atoms with van der Waals surface area (Å²) in [7, 11) is 1.79. The maximum absolute atomic E-state index is 12.5. The summed E-state index contributed by atoms with van der Waals surface area (Å²) in [6, 6.07) is 3.65. The third kappa shape index (κ3) is 2.87. The molecule has 1 N–H and O–H groups in total. The second-order valence-electron chi connectivity index (χ2n) is 5.58. The van der Waals surface area contributed by atoms with E-state index in [1.165, 1.54) is 11.3 Å². The second kappa shape index (κ2) is 5.61. The summed E-state index contributed by atoms with van der Waals surface area (Å²) in [6.07, 6.45) is 2.98. The normalized spacial score (nSPS) is 21.1. The molecular formula is C15H18N2O3S. The van der Waals surface area contributed by atoms with Gasteiger partial charge in [-0.15, -0.1) is 11.3 Å². The Morgan fingerprint density at radius 2 is 2.33 bits per heavy atom. The molecule has 3 rings (SSSR count). The monoisotopic (exact) mass is 306 g/mol. The SMILES string of the molecule is Cc1sc(-c2ccco2)nc1C(=O)N(C)CC1CC(O)C1. The Labute approximate surface area is 127 Å². The lowest BCUT2D eigenvalue weighted by atomic mass is 9.82. The van der Waals surface area contributed by atoms with Gasteiger partial charge in [-0.25, -0.2) is 4.98 Å². The van der Waals surface area contributed by atoms with Crippen molar-refractivity contribution in [1.82, 2.24) is 9.88 Å². The van der Waals surface area contributed by atoms with E-state index in [9.17, 15) is 9.90 Å². The molecule has 1 aliphatic rings. The zero-order valence-corrected chi connectivity index (χ0v) is 12.9. The number of aliphatic hydroxyl groups excluding tert-OH is 1. The number of aromatic nitrogens is 1. The van der Waals surface area contributed by atoms with Crippen molar-refractivity contribution >= 4 is 17.2 Å². The van der Waals surface area contributed by atoms with Crippen molar-refractivity contribution in [2.75, 3.05) is 13.6 Å². The number of carbonyl (C=O) groups excluding carboxylic acids is 1. The highest BCUT2D eigenvalue weighted by Crippen LogP contribution is 2.30. The molecule has 1 aliphatic carbocycles. The first kappa shape index (κ1) is 14.3. The molecule has 0 unspecified atom stereocenters. The molecule has 1 saturated carbocycles. The highest BCUT2D eigenvalue weighted by molar-refractivity contribution is 7.15. The van der Waals surface area contributed by atoms with Gasteiger partial charge in [-0.3, -0.25) is 4.79 Å². The van der Waals surface area contributed by atoms with Crippen LogP contribution in [0.3, 0.4) is 0 Å². The Balaban J connectivity index is 1.72. The van der Waals surface area contributed by atoms with Crippen molar-refractivity contribution in [1.29, 1.82) is 0 Å². The summed E-state index contributed by atoms with van der Waals surface area (Å²) in [6.45, 7) is 2.57. The van der Waals surface area contributed by atoms with E-state index in [-0.39, 0.29) is 12.0 Å². The average Bonchev–Trinajstić information content (AvgIpc) is 3.04. The smallest absolute Gasteiger partial charge is 0.273 e. The van der Waals surface area contributed by atoms with Gasteiger partial charge in [0.25, 0.3) is 5.91 Å². The van der Waals surface area contributed by atoms with Crippen LogP contribution < -0.4 is 0 Å².